The van der Waals surface area contributed by atoms with Crippen molar-refractivity contribution in [2.24, 2.45) is 11.8 Å². The Balaban J connectivity index is 1.74. The number of fused-ring (bicyclic) bond motifs is 1. The molecule has 3 aliphatic rings. The zero-order valence-electron chi connectivity index (χ0n) is 23.0. The monoisotopic (exact) mass is 523 g/mol. The first-order valence-electron chi connectivity index (χ1n) is 13.5. The second-order valence-electron chi connectivity index (χ2n) is 11.7. The van der Waals surface area contributed by atoms with Crippen LogP contribution in [0.3, 0.4) is 0 Å². The van der Waals surface area contributed by atoms with Crippen molar-refractivity contribution in [1.82, 2.24) is 14.7 Å². The molecule has 0 saturated carbocycles. The van der Waals surface area contributed by atoms with Gasteiger partial charge in [0.25, 0.3) is 0 Å². The summed E-state index contributed by atoms with van der Waals surface area (Å²) in [6, 6.07) is 8.17. The first-order chi connectivity index (χ1) is 18.0. The lowest BCUT2D eigenvalue weighted by atomic mass is 9.70. The molecule has 38 heavy (non-hydrogen) atoms. The first-order valence-corrected chi connectivity index (χ1v) is 13.5. The van der Waals surface area contributed by atoms with Crippen molar-refractivity contribution in [1.29, 1.82) is 0 Å². The Hall–Kier alpha value is -2.97. The van der Waals surface area contributed by atoms with Gasteiger partial charge >= 0.3 is 0 Å². The third kappa shape index (κ3) is 4.58. The molecule has 1 aromatic carbocycles. The van der Waals surface area contributed by atoms with Crippen molar-refractivity contribution in [2.45, 2.75) is 76.4 Å². The van der Waals surface area contributed by atoms with Crippen LogP contribution in [0.2, 0.25) is 0 Å². The number of hydrogen-bond donors (Lipinski definition) is 1. The zero-order valence-corrected chi connectivity index (χ0v) is 23.0. The van der Waals surface area contributed by atoms with Gasteiger partial charge < -0.3 is 24.5 Å². The molecule has 1 spiro atoms. The molecule has 0 aliphatic carbocycles. The molecule has 3 saturated heterocycles. The van der Waals surface area contributed by atoms with Gasteiger partial charge in [0.1, 0.15) is 11.6 Å². The highest BCUT2D eigenvalue weighted by molar-refractivity contribution is 5.99. The van der Waals surface area contributed by atoms with Crippen molar-refractivity contribution in [2.75, 3.05) is 19.7 Å². The average Bonchev–Trinajstić information content (AvgIpc) is 3.53. The van der Waals surface area contributed by atoms with Gasteiger partial charge in [0.15, 0.2) is 0 Å². The fourth-order valence-corrected chi connectivity index (χ4v) is 6.59. The number of carbonyl (C=O) groups excluding carboxylic acids is 3. The number of carbonyl (C=O) groups is 3. The number of benzene rings is 1. The smallest absolute Gasteiger partial charge is 0.249 e. The second kappa shape index (κ2) is 10.7. The molecule has 3 amide bonds. The highest BCUT2D eigenvalue weighted by Crippen LogP contribution is 2.59. The maximum absolute atomic E-state index is 14.3. The summed E-state index contributed by atoms with van der Waals surface area (Å²) in [7, 11) is 0. The summed E-state index contributed by atoms with van der Waals surface area (Å²) in [5, 5.41) is 10.1. The zero-order chi connectivity index (χ0) is 27.8. The van der Waals surface area contributed by atoms with Gasteiger partial charge in [0.2, 0.25) is 17.7 Å². The predicted octanol–water partition coefficient (Wildman–Crippen LogP) is 2.77. The predicted molar refractivity (Wildman–Crippen MR) is 145 cm³/mol. The SMILES string of the molecule is C=CCN(Cc1ccccc1)C(=O)[C@@H]1[C@@H]2CCC3(O2)C(C(=O)N(CC=C)C(C)(C)C)N([C@H](C)CO)C(=O)[C@H]13. The number of nitrogens with zero attached hydrogens (tertiary/aromatic N) is 3. The number of aliphatic hydroxyl groups excluding tert-OH is 1. The van der Waals surface area contributed by atoms with E-state index >= 15 is 0 Å². The van der Waals surface area contributed by atoms with Gasteiger partial charge in [-0.3, -0.25) is 14.4 Å². The van der Waals surface area contributed by atoms with Crippen LogP contribution in [-0.2, 0) is 25.7 Å². The number of likely N-dealkylation sites (tertiary alicyclic amines) is 1. The van der Waals surface area contributed by atoms with Gasteiger partial charge in [-0.15, -0.1) is 13.2 Å². The molecular weight excluding hydrogens is 482 g/mol. The maximum Gasteiger partial charge on any atom is 0.249 e. The van der Waals surface area contributed by atoms with Crippen LogP contribution in [0.5, 0.6) is 0 Å². The molecular formula is C30H41N3O5. The number of rotatable bonds is 10. The van der Waals surface area contributed by atoms with Crippen LogP contribution in [0.1, 0.15) is 46.1 Å². The van der Waals surface area contributed by atoms with Crippen molar-refractivity contribution in [3.8, 4) is 0 Å². The number of aliphatic hydroxyl groups is 1. The lowest BCUT2D eigenvalue weighted by molar-refractivity contribution is -0.154. The fraction of sp³-hybridized carbons (Fsp3) is 0.567. The molecule has 0 aromatic heterocycles. The second-order valence-corrected chi connectivity index (χ2v) is 11.7. The van der Waals surface area contributed by atoms with E-state index in [9.17, 15) is 19.5 Å². The Morgan fingerprint density at radius 2 is 1.84 bits per heavy atom. The molecule has 8 heteroatoms. The van der Waals surface area contributed by atoms with E-state index in [1.54, 1.807) is 28.9 Å². The minimum atomic E-state index is -1.11. The van der Waals surface area contributed by atoms with Crippen LogP contribution in [0.25, 0.3) is 0 Å². The molecule has 3 aliphatic heterocycles. The molecule has 206 valence electrons. The van der Waals surface area contributed by atoms with Crippen LogP contribution in [-0.4, -0.2) is 86.6 Å². The molecule has 6 atom stereocenters. The lowest BCUT2D eigenvalue weighted by Crippen LogP contribution is -2.61. The van der Waals surface area contributed by atoms with Gasteiger partial charge in [-0.1, -0.05) is 42.5 Å². The Kier molecular flexibility index (Phi) is 7.86. The van der Waals surface area contributed by atoms with Crippen molar-refractivity contribution < 1.29 is 24.2 Å². The molecule has 3 heterocycles. The fourth-order valence-electron chi connectivity index (χ4n) is 6.59. The normalized spacial score (nSPS) is 28.7. The van der Waals surface area contributed by atoms with Crippen LogP contribution in [0, 0.1) is 11.8 Å². The molecule has 2 bridgehead atoms. The van der Waals surface area contributed by atoms with E-state index in [1.165, 1.54) is 4.90 Å². The topological polar surface area (TPSA) is 90.4 Å². The molecule has 8 nitrogen and oxygen atoms in total. The molecule has 4 rings (SSSR count). The van der Waals surface area contributed by atoms with Crippen LogP contribution >= 0.6 is 0 Å². The Bertz CT molecular complexity index is 1080. The van der Waals surface area contributed by atoms with E-state index in [-0.39, 0.29) is 24.3 Å². The summed E-state index contributed by atoms with van der Waals surface area (Å²) in [5.41, 5.74) is -0.660. The minimum Gasteiger partial charge on any atom is -0.394 e. The summed E-state index contributed by atoms with van der Waals surface area (Å²) in [6.07, 6.45) is 4.02. The molecule has 1 N–H and O–H groups in total. The summed E-state index contributed by atoms with van der Waals surface area (Å²) < 4.78 is 6.58. The largest absolute Gasteiger partial charge is 0.394 e. The van der Waals surface area contributed by atoms with Crippen LogP contribution in [0.15, 0.2) is 55.6 Å². The number of hydrogen-bond acceptors (Lipinski definition) is 5. The van der Waals surface area contributed by atoms with Gasteiger partial charge in [-0.25, -0.2) is 0 Å². The standard InChI is InChI=1S/C30H41N3O5/c1-7-16-31(18-21-12-10-9-11-13-21)26(35)23-22-14-15-30(38-22)24(23)27(36)33(20(3)19-34)25(30)28(37)32(17-8-2)29(4,5)6/h7-13,20,22-25,34H,1-2,14-19H2,3-6H3/t20-,22+,23-,24+,25?,30?/m1/s1. The Morgan fingerprint density at radius 1 is 1.18 bits per heavy atom. The lowest BCUT2D eigenvalue weighted by Gasteiger charge is -2.43. The quantitative estimate of drug-likeness (QED) is 0.477. The summed E-state index contributed by atoms with van der Waals surface area (Å²) in [4.78, 5) is 47.4. The Labute approximate surface area is 225 Å². The van der Waals surface area contributed by atoms with E-state index in [0.717, 1.165) is 5.56 Å². The third-order valence-electron chi connectivity index (χ3n) is 8.26. The molecule has 3 fully saturated rings. The minimum absolute atomic E-state index is 0.165. The van der Waals surface area contributed by atoms with Gasteiger partial charge in [0.05, 0.1) is 30.6 Å². The highest BCUT2D eigenvalue weighted by Gasteiger charge is 2.75. The first kappa shape index (κ1) is 28.0. The Morgan fingerprint density at radius 3 is 2.42 bits per heavy atom. The van der Waals surface area contributed by atoms with E-state index in [4.69, 9.17) is 4.74 Å². The van der Waals surface area contributed by atoms with Crippen LogP contribution < -0.4 is 0 Å². The highest BCUT2D eigenvalue weighted by atomic mass is 16.5. The van der Waals surface area contributed by atoms with E-state index < -0.39 is 41.2 Å². The van der Waals surface area contributed by atoms with E-state index in [0.29, 0.717) is 32.5 Å². The molecule has 0 radical (unpaired) electrons. The van der Waals surface area contributed by atoms with Crippen LogP contribution in [0.4, 0.5) is 0 Å². The average molecular weight is 524 g/mol. The molecule has 2 unspecified atom stereocenters. The van der Waals surface area contributed by atoms with Crippen molar-refractivity contribution in [3.63, 3.8) is 0 Å². The summed E-state index contributed by atoms with van der Waals surface area (Å²) in [5.74, 6) is -2.19. The number of amides is 3. The summed E-state index contributed by atoms with van der Waals surface area (Å²) in [6.45, 7) is 15.9. The van der Waals surface area contributed by atoms with Gasteiger partial charge in [-0.05, 0) is 46.1 Å². The van der Waals surface area contributed by atoms with E-state index in [1.807, 2.05) is 51.1 Å². The number of ether oxygens (including phenoxy) is 1. The van der Waals surface area contributed by atoms with Gasteiger partial charge in [0, 0.05) is 25.2 Å². The van der Waals surface area contributed by atoms with Crippen molar-refractivity contribution >= 4 is 17.7 Å². The summed E-state index contributed by atoms with van der Waals surface area (Å²) >= 11 is 0. The van der Waals surface area contributed by atoms with Gasteiger partial charge in [-0.2, -0.15) is 0 Å². The molecule has 1 aromatic rings. The maximum atomic E-state index is 14.3. The third-order valence-corrected chi connectivity index (χ3v) is 8.26. The van der Waals surface area contributed by atoms with Crippen molar-refractivity contribution in [3.05, 3.63) is 61.2 Å². The van der Waals surface area contributed by atoms with E-state index in [2.05, 4.69) is 13.2 Å².